The van der Waals surface area contributed by atoms with Gasteiger partial charge in [0.1, 0.15) is 0 Å². The molecule has 0 aliphatic carbocycles. The van der Waals surface area contributed by atoms with Crippen LogP contribution in [0.15, 0.2) is 42.6 Å². The van der Waals surface area contributed by atoms with Crippen LogP contribution in [0, 0.1) is 0 Å². The van der Waals surface area contributed by atoms with Gasteiger partial charge in [-0.05, 0) is 36.5 Å². The van der Waals surface area contributed by atoms with Crippen LogP contribution in [-0.4, -0.2) is 0 Å². The van der Waals surface area contributed by atoms with Crippen LogP contribution in [0.4, 0.5) is 0 Å². The molecule has 0 atom stereocenters. The van der Waals surface area contributed by atoms with Crippen molar-refractivity contribution in [3.05, 3.63) is 53.7 Å². The van der Waals surface area contributed by atoms with Crippen LogP contribution < -0.4 is 4.57 Å². The molecule has 0 radical (unpaired) electrons. The molecule has 0 fully saturated rings. The predicted octanol–water partition coefficient (Wildman–Crippen LogP) is 5.45. The summed E-state index contributed by atoms with van der Waals surface area (Å²) in [6.07, 6.45) is 10.9. The molecule has 1 aromatic carbocycles. The number of pyridine rings is 1. The maximum Gasteiger partial charge on any atom is 0.213 e. The Morgan fingerprint density at radius 3 is 2.57 bits per heavy atom. The summed E-state index contributed by atoms with van der Waals surface area (Å²) in [6.45, 7) is 6.97. The number of aromatic nitrogens is 1. The third-order valence-corrected chi connectivity index (χ3v) is 5.82. The highest BCUT2D eigenvalue weighted by molar-refractivity contribution is 5.62. The molecule has 0 unspecified atom stereocenters. The molecule has 1 aromatic heterocycles. The maximum absolute atomic E-state index is 2.59. The Bertz CT molecular complexity index is 667. The van der Waals surface area contributed by atoms with Crippen LogP contribution >= 0.6 is 0 Å². The molecule has 0 spiro atoms. The Labute approximate surface area is 141 Å². The van der Waals surface area contributed by atoms with Gasteiger partial charge >= 0.3 is 0 Å². The molecule has 1 nitrogen and oxygen atoms in total. The average Bonchev–Trinajstić information content (AvgIpc) is 2.75. The first-order valence-electron chi connectivity index (χ1n) is 9.37. The second-order valence-corrected chi connectivity index (χ2v) is 6.98. The van der Waals surface area contributed by atoms with Gasteiger partial charge in [0.15, 0.2) is 11.7 Å². The van der Waals surface area contributed by atoms with Crippen molar-refractivity contribution >= 4 is 0 Å². The summed E-state index contributed by atoms with van der Waals surface area (Å²) in [5.41, 5.74) is 6.12. The minimum absolute atomic E-state index is 0.262. The van der Waals surface area contributed by atoms with Crippen molar-refractivity contribution < 1.29 is 4.57 Å². The summed E-state index contributed by atoms with van der Waals surface area (Å²) in [5, 5.41) is 0. The molecular formula is C22H30N+. The van der Waals surface area contributed by atoms with E-state index in [0.29, 0.717) is 0 Å². The normalized spacial score (nSPS) is 15.6. The number of benzene rings is 1. The standard InChI is InChI=1S/C22H30N/c1-4-7-10-18-14-16-23-21(17-18)20-12-9-8-11-19(20)13-15-22(23,5-2)6-3/h8-9,11-12,14,16-17H,4-7,10,13,15H2,1-3H3/q+1. The van der Waals surface area contributed by atoms with Gasteiger partial charge in [0.05, 0.1) is 0 Å². The summed E-state index contributed by atoms with van der Waals surface area (Å²) < 4.78 is 2.59. The zero-order chi connectivity index (χ0) is 16.3. The summed E-state index contributed by atoms with van der Waals surface area (Å²) in [6, 6.07) is 13.8. The lowest BCUT2D eigenvalue weighted by Crippen LogP contribution is -2.56. The predicted molar refractivity (Wildman–Crippen MR) is 97.6 cm³/mol. The van der Waals surface area contributed by atoms with E-state index < -0.39 is 0 Å². The molecule has 2 aromatic rings. The molecule has 2 heterocycles. The Morgan fingerprint density at radius 1 is 1.04 bits per heavy atom. The lowest BCUT2D eigenvalue weighted by Gasteiger charge is -2.26. The van der Waals surface area contributed by atoms with Crippen LogP contribution in [0.2, 0.25) is 0 Å². The average molecular weight is 308 g/mol. The highest BCUT2D eigenvalue weighted by Crippen LogP contribution is 2.34. The lowest BCUT2D eigenvalue weighted by atomic mass is 9.86. The fourth-order valence-corrected chi connectivity index (χ4v) is 4.12. The largest absolute Gasteiger partial charge is 0.213 e. The molecule has 0 N–H and O–H groups in total. The second-order valence-electron chi connectivity index (χ2n) is 6.98. The summed E-state index contributed by atoms with van der Waals surface area (Å²) in [5.74, 6) is 0. The van der Waals surface area contributed by atoms with E-state index >= 15 is 0 Å². The van der Waals surface area contributed by atoms with Crippen molar-refractivity contribution in [1.82, 2.24) is 0 Å². The molecule has 3 rings (SSSR count). The van der Waals surface area contributed by atoms with Crippen LogP contribution in [0.1, 0.15) is 64.0 Å². The molecule has 0 bridgehead atoms. The topological polar surface area (TPSA) is 3.88 Å². The van der Waals surface area contributed by atoms with Crippen molar-refractivity contribution in [3.63, 3.8) is 0 Å². The minimum Gasteiger partial charge on any atom is -0.193 e. The van der Waals surface area contributed by atoms with Crippen molar-refractivity contribution in [3.8, 4) is 11.3 Å². The monoisotopic (exact) mass is 308 g/mol. The molecule has 1 aliphatic heterocycles. The number of fused-ring (bicyclic) bond motifs is 3. The fourth-order valence-electron chi connectivity index (χ4n) is 4.12. The third kappa shape index (κ3) is 2.94. The van der Waals surface area contributed by atoms with Crippen molar-refractivity contribution in [2.45, 2.75) is 71.3 Å². The van der Waals surface area contributed by atoms with E-state index in [1.165, 1.54) is 67.3 Å². The van der Waals surface area contributed by atoms with Crippen LogP contribution in [0.5, 0.6) is 0 Å². The van der Waals surface area contributed by atoms with Gasteiger partial charge in [0.2, 0.25) is 5.69 Å². The molecule has 0 saturated carbocycles. The summed E-state index contributed by atoms with van der Waals surface area (Å²) in [7, 11) is 0. The minimum atomic E-state index is 0.262. The van der Waals surface area contributed by atoms with Crippen LogP contribution in [-0.2, 0) is 18.4 Å². The number of rotatable bonds is 5. The highest BCUT2D eigenvalue weighted by Gasteiger charge is 2.40. The van der Waals surface area contributed by atoms with Gasteiger partial charge in [0, 0.05) is 37.0 Å². The van der Waals surface area contributed by atoms with E-state index in [2.05, 4.69) is 67.9 Å². The Morgan fingerprint density at radius 2 is 1.83 bits per heavy atom. The van der Waals surface area contributed by atoms with Crippen molar-refractivity contribution in [1.29, 1.82) is 0 Å². The molecule has 1 heteroatoms. The first kappa shape index (κ1) is 16.2. The number of aryl methyl sites for hydroxylation is 2. The molecular weight excluding hydrogens is 278 g/mol. The van der Waals surface area contributed by atoms with E-state index in [1.54, 1.807) is 0 Å². The molecule has 0 amide bonds. The first-order chi connectivity index (χ1) is 11.2. The molecule has 122 valence electrons. The summed E-state index contributed by atoms with van der Waals surface area (Å²) >= 11 is 0. The number of unbranched alkanes of at least 4 members (excludes halogenated alkanes) is 1. The van der Waals surface area contributed by atoms with Gasteiger partial charge < -0.3 is 0 Å². The Balaban J connectivity index is 2.17. The first-order valence-corrected chi connectivity index (χ1v) is 9.37. The van der Waals surface area contributed by atoms with Gasteiger partial charge in [-0.2, -0.15) is 4.57 Å². The number of hydrogen-bond acceptors (Lipinski definition) is 0. The third-order valence-electron chi connectivity index (χ3n) is 5.82. The Hall–Kier alpha value is -1.63. The molecule has 0 saturated heterocycles. The zero-order valence-corrected chi connectivity index (χ0v) is 14.9. The summed E-state index contributed by atoms with van der Waals surface area (Å²) in [4.78, 5) is 0. The molecule has 23 heavy (non-hydrogen) atoms. The number of hydrogen-bond donors (Lipinski definition) is 0. The van der Waals surface area contributed by atoms with E-state index in [0.717, 1.165) is 0 Å². The smallest absolute Gasteiger partial charge is 0.193 e. The fraction of sp³-hybridized carbons (Fsp3) is 0.500. The Kier molecular flexibility index (Phi) is 4.84. The van der Waals surface area contributed by atoms with Crippen molar-refractivity contribution in [2.75, 3.05) is 0 Å². The van der Waals surface area contributed by atoms with E-state index in [9.17, 15) is 0 Å². The van der Waals surface area contributed by atoms with Crippen LogP contribution in [0.3, 0.4) is 0 Å². The van der Waals surface area contributed by atoms with E-state index in [4.69, 9.17) is 0 Å². The highest BCUT2D eigenvalue weighted by atomic mass is 15.1. The SMILES string of the molecule is CCCCc1cc[n+]2c(c1)-c1ccccc1CCC2(CC)CC. The lowest BCUT2D eigenvalue weighted by molar-refractivity contribution is -0.757. The van der Waals surface area contributed by atoms with Gasteiger partial charge in [-0.15, -0.1) is 0 Å². The zero-order valence-electron chi connectivity index (χ0n) is 14.9. The van der Waals surface area contributed by atoms with E-state index in [1.807, 2.05) is 0 Å². The van der Waals surface area contributed by atoms with Gasteiger partial charge in [-0.3, -0.25) is 0 Å². The number of nitrogens with zero attached hydrogens (tertiary/aromatic N) is 1. The maximum atomic E-state index is 2.59. The van der Waals surface area contributed by atoms with E-state index in [-0.39, 0.29) is 5.54 Å². The van der Waals surface area contributed by atoms with Gasteiger partial charge in [0.25, 0.3) is 0 Å². The van der Waals surface area contributed by atoms with Gasteiger partial charge in [-0.1, -0.05) is 45.4 Å². The van der Waals surface area contributed by atoms with Gasteiger partial charge in [-0.25, -0.2) is 0 Å². The second kappa shape index (κ2) is 6.86. The molecule has 1 aliphatic rings. The quantitative estimate of drug-likeness (QED) is 0.647. The van der Waals surface area contributed by atoms with Crippen molar-refractivity contribution in [2.24, 2.45) is 0 Å². The van der Waals surface area contributed by atoms with Crippen LogP contribution in [0.25, 0.3) is 11.3 Å².